The molecule has 0 unspecified atom stereocenters. The van der Waals surface area contributed by atoms with Crippen LogP contribution in [0.2, 0.25) is 0 Å². The number of nitrogens with one attached hydrogen (secondary N) is 2. The lowest BCUT2D eigenvalue weighted by Gasteiger charge is -2.09. The van der Waals surface area contributed by atoms with Gasteiger partial charge in [0.05, 0.1) is 5.69 Å². The van der Waals surface area contributed by atoms with Crippen molar-refractivity contribution >= 4 is 22.5 Å². The summed E-state index contributed by atoms with van der Waals surface area (Å²) in [5.41, 5.74) is 1.67. The Hall–Kier alpha value is -2.49. The molecule has 4 nitrogen and oxygen atoms in total. The second-order valence-corrected chi connectivity index (χ2v) is 4.50. The molecule has 0 aliphatic rings. The monoisotopic (exact) mass is 256 g/mol. The van der Waals surface area contributed by atoms with Crippen LogP contribution >= 0.6 is 0 Å². The van der Waals surface area contributed by atoms with Gasteiger partial charge in [0.25, 0.3) is 0 Å². The van der Waals surface area contributed by atoms with Crippen LogP contribution in [0, 0.1) is 0 Å². The molecular weight excluding hydrogens is 240 g/mol. The number of phenols is 1. The number of aromatic hydroxyl groups is 1. The molecule has 0 heterocycles. The third kappa shape index (κ3) is 3.04. The van der Waals surface area contributed by atoms with Crippen molar-refractivity contribution in [2.45, 2.75) is 13.8 Å². The molecule has 0 saturated heterocycles. The van der Waals surface area contributed by atoms with E-state index in [0.29, 0.717) is 11.1 Å². The minimum absolute atomic E-state index is 0.200. The van der Waals surface area contributed by atoms with Gasteiger partial charge in [-0.25, -0.2) is 4.79 Å². The van der Waals surface area contributed by atoms with Crippen molar-refractivity contribution in [3.8, 4) is 5.75 Å². The Morgan fingerprint density at radius 2 is 1.79 bits per heavy atom. The third-order valence-electron chi connectivity index (χ3n) is 2.64. The number of fused-ring (bicyclic) bond motifs is 1. The van der Waals surface area contributed by atoms with E-state index in [-0.39, 0.29) is 11.8 Å². The first-order chi connectivity index (χ1) is 9.08. The van der Waals surface area contributed by atoms with Crippen LogP contribution < -0.4 is 10.6 Å². The molecule has 0 aromatic heterocycles. The van der Waals surface area contributed by atoms with Crippen LogP contribution in [-0.4, -0.2) is 11.1 Å². The SMILES string of the molecule is CC(C)=CNC(=O)Nc1cccc2c(O)cccc12. The maximum atomic E-state index is 11.7. The average Bonchev–Trinajstić information content (AvgIpc) is 2.38. The standard InChI is InChI=1S/C15H16N2O2/c1-10(2)9-16-15(19)17-13-7-3-6-12-11(13)5-4-8-14(12)18/h3-9,18H,1-2H3,(H2,16,17,19). The van der Waals surface area contributed by atoms with E-state index < -0.39 is 0 Å². The Kier molecular flexibility index (Phi) is 3.71. The summed E-state index contributed by atoms with van der Waals surface area (Å²) >= 11 is 0. The Bertz CT molecular complexity index is 644. The van der Waals surface area contributed by atoms with Gasteiger partial charge >= 0.3 is 6.03 Å². The zero-order valence-corrected chi connectivity index (χ0v) is 10.9. The molecule has 2 aromatic carbocycles. The molecule has 2 aromatic rings. The fourth-order valence-corrected chi connectivity index (χ4v) is 1.77. The average molecular weight is 256 g/mol. The molecule has 19 heavy (non-hydrogen) atoms. The van der Waals surface area contributed by atoms with Crippen LogP contribution in [0.1, 0.15) is 13.8 Å². The lowest BCUT2D eigenvalue weighted by molar-refractivity contribution is 0.255. The number of hydrogen-bond donors (Lipinski definition) is 3. The molecule has 0 spiro atoms. The van der Waals surface area contributed by atoms with Crippen molar-refractivity contribution < 1.29 is 9.90 Å². The van der Waals surface area contributed by atoms with Crippen molar-refractivity contribution in [3.63, 3.8) is 0 Å². The molecule has 4 heteroatoms. The predicted octanol–water partition coefficient (Wildman–Crippen LogP) is 3.59. The fraction of sp³-hybridized carbons (Fsp3) is 0.133. The van der Waals surface area contributed by atoms with E-state index in [1.807, 2.05) is 26.0 Å². The number of rotatable bonds is 2. The van der Waals surface area contributed by atoms with Crippen LogP contribution in [0.5, 0.6) is 5.75 Å². The second-order valence-electron chi connectivity index (χ2n) is 4.50. The number of carbonyl (C=O) groups excluding carboxylic acids is 1. The van der Waals surface area contributed by atoms with E-state index in [0.717, 1.165) is 11.0 Å². The largest absolute Gasteiger partial charge is 0.507 e. The van der Waals surface area contributed by atoms with Crippen molar-refractivity contribution in [2.24, 2.45) is 0 Å². The minimum Gasteiger partial charge on any atom is -0.507 e. The van der Waals surface area contributed by atoms with Crippen molar-refractivity contribution in [1.29, 1.82) is 0 Å². The van der Waals surface area contributed by atoms with E-state index in [1.165, 1.54) is 0 Å². The van der Waals surface area contributed by atoms with E-state index in [9.17, 15) is 9.90 Å². The molecule has 0 radical (unpaired) electrons. The molecule has 3 N–H and O–H groups in total. The van der Waals surface area contributed by atoms with Gasteiger partial charge in [0.15, 0.2) is 0 Å². The highest BCUT2D eigenvalue weighted by molar-refractivity contribution is 6.03. The van der Waals surface area contributed by atoms with Gasteiger partial charge < -0.3 is 15.7 Å². The fourth-order valence-electron chi connectivity index (χ4n) is 1.77. The quantitative estimate of drug-likeness (QED) is 0.769. The molecule has 0 atom stereocenters. The predicted molar refractivity (Wildman–Crippen MR) is 77.2 cm³/mol. The summed E-state index contributed by atoms with van der Waals surface area (Å²) in [6, 6.07) is 10.3. The summed E-state index contributed by atoms with van der Waals surface area (Å²) in [6.07, 6.45) is 1.64. The van der Waals surface area contributed by atoms with Crippen LogP contribution in [0.15, 0.2) is 48.2 Å². The van der Waals surface area contributed by atoms with Crippen molar-refractivity contribution in [2.75, 3.05) is 5.32 Å². The highest BCUT2D eigenvalue weighted by atomic mass is 16.3. The Labute approximate surface area is 111 Å². The van der Waals surface area contributed by atoms with Gasteiger partial charge in [0.2, 0.25) is 0 Å². The van der Waals surface area contributed by atoms with Crippen molar-refractivity contribution in [3.05, 3.63) is 48.2 Å². The molecular formula is C15H16N2O2. The van der Waals surface area contributed by atoms with Gasteiger partial charge in [-0.2, -0.15) is 0 Å². The van der Waals surface area contributed by atoms with Gasteiger partial charge in [0, 0.05) is 17.0 Å². The maximum absolute atomic E-state index is 11.7. The van der Waals surface area contributed by atoms with E-state index in [4.69, 9.17) is 0 Å². The minimum atomic E-state index is -0.308. The molecule has 2 amide bonds. The van der Waals surface area contributed by atoms with E-state index >= 15 is 0 Å². The molecule has 0 bridgehead atoms. The van der Waals surface area contributed by atoms with Gasteiger partial charge in [-0.1, -0.05) is 29.8 Å². The number of benzene rings is 2. The van der Waals surface area contributed by atoms with E-state index in [1.54, 1.807) is 30.5 Å². The van der Waals surface area contributed by atoms with Crippen LogP contribution in [-0.2, 0) is 0 Å². The number of carbonyl (C=O) groups is 1. The summed E-state index contributed by atoms with van der Waals surface area (Å²) in [4.78, 5) is 11.7. The number of amides is 2. The summed E-state index contributed by atoms with van der Waals surface area (Å²) in [6.45, 7) is 3.80. The lowest BCUT2D eigenvalue weighted by atomic mass is 10.1. The van der Waals surface area contributed by atoms with Gasteiger partial charge in [0.1, 0.15) is 5.75 Å². The first-order valence-corrected chi connectivity index (χ1v) is 5.99. The first-order valence-electron chi connectivity index (χ1n) is 5.99. The lowest BCUT2D eigenvalue weighted by Crippen LogP contribution is -2.24. The number of urea groups is 1. The van der Waals surface area contributed by atoms with Gasteiger partial charge in [-0.3, -0.25) is 0 Å². The first kappa shape index (κ1) is 13.0. The van der Waals surface area contributed by atoms with Gasteiger partial charge in [-0.15, -0.1) is 0 Å². The summed E-state index contributed by atoms with van der Waals surface area (Å²) in [5.74, 6) is 0.200. The smallest absolute Gasteiger partial charge is 0.323 e. The van der Waals surface area contributed by atoms with Crippen molar-refractivity contribution in [1.82, 2.24) is 5.32 Å². The summed E-state index contributed by atoms with van der Waals surface area (Å²) < 4.78 is 0. The normalized spacial score (nSPS) is 10.0. The molecule has 2 rings (SSSR count). The summed E-state index contributed by atoms with van der Waals surface area (Å²) in [5, 5.41) is 16.7. The zero-order valence-electron chi connectivity index (χ0n) is 10.9. The Morgan fingerprint density at radius 1 is 1.11 bits per heavy atom. The van der Waals surface area contributed by atoms with E-state index in [2.05, 4.69) is 10.6 Å². The number of allylic oxidation sites excluding steroid dienone is 1. The second kappa shape index (κ2) is 5.44. The summed E-state index contributed by atoms with van der Waals surface area (Å²) in [7, 11) is 0. The van der Waals surface area contributed by atoms with Gasteiger partial charge in [-0.05, 0) is 26.0 Å². The van der Waals surface area contributed by atoms with Crippen LogP contribution in [0.3, 0.4) is 0 Å². The molecule has 0 aliphatic heterocycles. The molecule has 0 saturated carbocycles. The number of anilines is 1. The number of hydrogen-bond acceptors (Lipinski definition) is 2. The van der Waals surface area contributed by atoms with Crippen LogP contribution in [0.25, 0.3) is 10.8 Å². The maximum Gasteiger partial charge on any atom is 0.323 e. The zero-order chi connectivity index (χ0) is 13.8. The molecule has 0 fully saturated rings. The highest BCUT2D eigenvalue weighted by Crippen LogP contribution is 2.29. The Morgan fingerprint density at radius 3 is 2.53 bits per heavy atom. The molecule has 0 aliphatic carbocycles. The molecule has 98 valence electrons. The number of phenolic OH excluding ortho intramolecular Hbond substituents is 1. The Balaban J connectivity index is 2.29. The van der Waals surface area contributed by atoms with Crippen LogP contribution in [0.4, 0.5) is 10.5 Å². The highest BCUT2D eigenvalue weighted by Gasteiger charge is 2.06. The topological polar surface area (TPSA) is 61.4 Å². The third-order valence-corrected chi connectivity index (χ3v) is 2.64.